The molecule has 0 fully saturated rings. The van der Waals surface area contributed by atoms with Crippen molar-refractivity contribution in [3.63, 3.8) is 0 Å². The third-order valence-corrected chi connectivity index (χ3v) is 4.23. The van der Waals surface area contributed by atoms with Gasteiger partial charge in [0, 0.05) is 17.8 Å². The van der Waals surface area contributed by atoms with E-state index in [1.165, 1.54) is 7.11 Å². The number of fused-ring (bicyclic) bond motifs is 1. The van der Waals surface area contributed by atoms with Gasteiger partial charge in [-0.1, -0.05) is 30.3 Å². The zero-order valence-corrected chi connectivity index (χ0v) is 13.9. The molecule has 24 heavy (non-hydrogen) atoms. The van der Waals surface area contributed by atoms with Gasteiger partial charge in [-0.3, -0.25) is 14.7 Å². The number of aromatic amines is 1. The second-order valence-electron chi connectivity index (χ2n) is 5.68. The number of nitrogens with zero attached hydrogens (tertiary/aromatic N) is 2. The Kier molecular flexibility index (Phi) is 4.20. The molecule has 124 valence electrons. The first-order valence-electron chi connectivity index (χ1n) is 7.76. The van der Waals surface area contributed by atoms with Crippen molar-refractivity contribution in [1.82, 2.24) is 14.6 Å². The van der Waals surface area contributed by atoms with Crippen LogP contribution in [-0.4, -0.2) is 27.7 Å². The summed E-state index contributed by atoms with van der Waals surface area (Å²) in [7, 11) is 1.37. The smallest absolute Gasteiger partial charge is 0.305 e. The first-order chi connectivity index (χ1) is 11.5. The molecule has 6 nitrogen and oxygen atoms in total. The van der Waals surface area contributed by atoms with Gasteiger partial charge < -0.3 is 4.74 Å². The molecule has 3 aromatic rings. The summed E-state index contributed by atoms with van der Waals surface area (Å²) in [6.45, 7) is 3.81. The molecule has 2 aromatic heterocycles. The number of methoxy groups -OCH3 is 1. The van der Waals surface area contributed by atoms with E-state index in [0.29, 0.717) is 17.6 Å². The minimum atomic E-state index is -0.264. The highest BCUT2D eigenvalue weighted by Crippen LogP contribution is 2.23. The molecule has 0 bridgehead atoms. The van der Waals surface area contributed by atoms with Gasteiger partial charge >= 0.3 is 5.97 Å². The Morgan fingerprint density at radius 2 is 1.96 bits per heavy atom. The minimum Gasteiger partial charge on any atom is -0.469 e. The van der Waals surface area contributed by atoms with Gasteiger partial charge in [-0.05, 0) is 31.4 Å². The quantitative estimate of drug-likeness (QED) is 0.747. The number of esters is 1. The van der Waals surface area contributed by atoms with Crippen LogP contribution in [0, 0.1) is 13.8 Å². The average molecular weight is 325 g/mol. The molecule has 1 N–H and O–H groups in total. The second kappa shape index (κ2) is 6.31. The van der Waals surface area contributed by atoms with E-state index >= 15 is 0 Å². The van der Waals surface area contributed by atoms with Gasteiger partial charge in [-0.15, -0.1) is 0 Å². The SMILES string of the molecule is COC(=O)CCc1c(C)nc2c(-c3ccccc3)c(=O)[nH]n2c1C. The number of rotatable bonds is 4. The molecule has 0 saturated heterocycles. The normalized spacial score (nSPS) is 11.0. The zero-order valence-electron chi connectivity index (χ0n) is 13.9. The Balaban J connectivity index is 2.15. The van der Waals surface area contributed by atoms with Crippen LogP contribution in [0.3, 0.4) is 0 Å². The fourth-order valence-corrected chi connectivity index (χ4v) is 2.95. The van der Waals surface area contributed by atoms with Crippen molar-refractivity contribution >= 4 is 11.6 Å². The summed E-state index contributed by atoms with van der Waals surface area (Å²) in [5.74, 6) is -0.264. The Labute approximate surface area is 139 Å². The fourth-order valence-electron chi connectivity index (χ4n) is 2.95. The van der Waals surface area contributed by atoms with Crippen LogP contribution in [-0.2, 0) is 16.0 Å². The largest absolute Gasteiger partial charge is 0.469 e. The number of carbonyl (C=O) groups excluding carboxylic acids is 1. The molecule has 1 aromatic carbocycles. The van der Waals surface area contributed by atoms with Gasteiger partial charge in [-0.25, -0.2) is 9.50 Å². The van der Waals surface area contributed by atoms with E-state index < -0.39 is 0 Å². The number of H-pyrrole nitrogens is 1. The molecule has 0 radical (unpaired) electrons. The molecule has 0 aliphatic rings. The molecule has 0 spiro atoms. The highest BCUT2D eigenvalue weighted by molar-refractivity contribution is 5.77. The number of carbonyl (C=O) groups is 1. The molecular formula is C18H19N3O3. The summed E-state index contributed by atoms with van der Waals surface area (Å²) in [6, 6.07) is 9.47. The van der Waals surface area contributed by atoms with Crippen molar-refractivity contribution in [2.45, 2.75) is 26.7 Å². The lowest BCUT2D eigenvalue weighted by Crippen LogP contribution is -2.09. The first kappa shape index (κ1) is 16.0. The van der Waals surface area contributed by atoms with Crippen LogP contribution < -0.4 is 5.56 Å². The highest BCUT2D eigenvalue weighted by Gasteiger charge is 2.18. The van der Waals surface area contributed by atoms with Gasteiger partial charge in [0.2, 0.25) is 0 Å². The van der Waals surface area contributed by atoms with E-state index in [0.717, 1.165) is 22.5 Å². The third kappa shape index (κ3) is 2.71. The number of ether oxygens (including phenoxy) is 1. The Morgan fingerprint density at radius 1 is 1.25 bits per heavy atom. The minimum absolute atomic E-state index is 0.179. The van der Waals surface area contributed by atoms with E-state index in [2.05, 4.69) is 10.1 Å². The summed E-state index contributed by atoms with van der Waals surface area (Å²) in [5, 5.41) is 2.85. The Bertz CT molecular complexity index is 955. The average Bonchev–Trinajstić information content (AvgIpc) is 2.91. The van der Waals surface area contributed by atoms with Gasteiger partial charge in [-0.2, -0.15) is 0 Å². The van der Waals surface area contributed by atoms with Gasteiger partial charge in [0.05, 0.1) is 12.7 Å². The molecule has 2 heterocycles. The van der Waals surface area contributed by atoms with Crippen molar-refractivity contribution in [1.29, 1.82) is 0 Å². The number of hydrogen-bond donors (Lipinski definition) is 1. The maximum Gasteiger partial charge on any atom is 0.305 e. The molecule has 3 rings (SSSR count). The predicted molar refractivity (Wildman–Crippen MR) is 91.1 cm³/mol. The van der Waals surface area contributed by atoms with E-state index in [1.807, 2.05) is 44.2 Å². The second-order valence-corrected chi connectivity index (χ2v) is 5.68. The molecule has 0 amide bonds. The third-order valence-electron chi connectivity index (χ3n) is 4.23. The number of hydrogen-bond acceptors (Lipinski definition) is 4. The monoisotopic (exact) mass is 325 g/mol. The van der Waals surface area contributed by atoms with Gasteiger partial charge in [0.25, 0.3) is 5.56 Å². The van der Waals surface area contributed by atoms with Gasteiger partial charge in [0.15, 0.2) is 5.65 Å². The standard InChI is InChI=1S/C18H19N3O3/c1-11-14(9-10-15(22)24-3)12(2)21-17(19-11)16(18(23)20-21)13-7-5-4-6-8-13/h4-8H,9-10H2,1-3H3,(H,20,23). The van der Waals surface area contributed by atoms with E-state index in [-0.39, 0.29) is 17.9 Å². The topological polar surface area (TPSA) is 76.5 Å². The first-order valence-corrected chi connectivity index (χ1v) is 7.76. The van der Waals surface area contributed by atoms with Gasteiger partial charge in [0.1, 0.15) is 0 Å². The number of benzene rings is 1. The summed E-state index contributed by atoms with van der Waals surface area (Å²) < 4.78 is 6.39. The molecular weight excluding hydrogens is 306 g/mol. The van der Waals surface area contributed by atoms with E-state index in [4.69, 9.17) is 4.74 Å². The maximum absolute atomic E-state index is 12.4. The van der Waals surface area contributed by atoms with Crippen LogP contribution in [0.2, 0.25) is 0 Å². The summed E-state index contributed by atoms with van der Waals surface area (Å²) >= 11 is 0. The van der Waals surface area contributed by atoms with Crippen LogP contribution in [0.1, 0.15) is 23.4 Å². The van der Waals surface area contributed by atoms with Crippen LogP contribution in [0.15, 0.2) is 35.1 Å². The van der Waals surface area contributed by atoms with Crippen molar-refractivity contribution in [3.8, 4) is 11.1 Å². The highest BCUT2D eigenvalue weighted by atomic mass is 16.5. The summed E-state index contributed by atoms with van der Waals surface area (Å²) in [6.07, 6.45) is 0.802. The van der Waals surface area contributed by atoms with E-state index in [9.17, 15) is 9.59 Å². The van der Waals surface area contributed by atoms with Crippen LogP contribution in [0.5, 0.6) is 0 Å². The molecule has 0 saturated carbocycles. The lowest BCUT2D eigenvalue weighted by molar-refractivity contribution is -0.140. The summed E-state index contributed by atoms with van der Waals surface area (Å²) in [5.41, 5.74) is 4.44. The summed E-state index contributed by atoms with van der Waals surface area (Å²) in [4.78, 5) is 28.5. The van der Waals surface area contributed by atoms with Crippen LogP contribution in [0.25, 0.3) is 16.8 Å². The zero-order chi connectivity index (χ0) is 17.3. The van der Waals surface area contributed by atoms with Crippen molar-refractivity contribution in [2.75, 3.05) is 7.11 Å². The van der Waals surface area contributed by atoms with Crippen molar-refractivity contribution < 1.29 is 9.53 Å². The number of aryl methyl sites for hydroxylation is 2. The lowest BCUT2D eigenvalue weighted by Gasteiger charge is -2.11. The molecule has 0 atom stereocenters. The van der Waals surface area contributed by atoms with Crippen LogP contribution >= 0.6 is 0 Å². The van der Waals surface area contributed by atoms with Crippen molar-refractivity contribution in [3.05, 3.63) is 57.6 Å². The molecule has 0 aliphatic heterocycles. The number of aromatic nitrogens is 3. The molecule has 6 heteroatoms. The maximum atomic E-state index is 12.4. The molecule has 0 unspecified atom stereocenters. The Morgan fingerprint density at radius 3 is 2.62 bits per heavy atom. The number of nitrogens with one attached hydrogen (secondary N) is 1. The van der Waals surface area contributed by atoms with E-state index in [1.54, 1.807) is 4.52 Å². The fraction of sp³-hybridized carbons (Fsp3) is 0.278. The van der Waals surface area contributed by atoms with Crippen LogP contribution in [0.4, 0.5) is 0 Å². The predicted octanol–water partition coefficient (Wildman–Crippen LogP) is 2.41. The lowest BCUT2D eigenvalue weighted by atomic mass is 10.1. The van der Waals surface area contributed by atoms with Crippen molar-refractivity contribution in [2.24, 2.45) is 0 Å². The molecule has 0 aliphatic carbocycles. The Hall–Kier alpha value is -2.89.